The van der Waals surface area contributed by atoms with E-state index in [1.165, 1.54) is 0 Å². The molecule has 1 aliphatic rings. The maximum atomic E-state index is 5.44. The van der Waals surface area contributed by atoms with Crippen LogP contribution < -0.4 is 9.47 Å². The molecule has 0 saturated heterocycles. The third-order valence-corrected chi connectivity index (χ3v) is 4.18. The van der Waals surface area contributed by atoms with Gasteiger partial charge in [-0.1, -0.05) is 60.7 Å². The quantitative estimate of drug-likeness (QED) is 0.510. The van der Waals surface area contributed by atoms with Gasteiger partial charge in [-0.25, -0.2) is 0 Å². The van der Waals surface area contributed by atoms with Crippen molar-refractivity contribution in [3.8, 4) is 11.5 Å². The highest BCUT2D eigenvalue weighted by molar-refractivity contribution is 6.13. The van der Waals surface area contributed by atoms with Crippen molar-refractivity contribution in [1.82, 2.24) is 0 Å². The van der Waals surface area contributed by atoms with Gasteiger partial charge in [0, 0.05) is 16.7 Å². The van der Waals surface area contributed by atoms with E-state index in [0.717, 1.165) is 39.6 Å². The molecule has 0 spiro atoms. The second-order valence-electron chi connectivity index (χ2n) is 5.93. The molecule has 0 atom stereocenters. The molecule has 0 radical (unpaired) electrons. The normalized spacial score (nSPS) is 12.7. The Balaban J connectivity index is 1.71. The van der Waals surface area contributed by atoms with Crippen LogP contribution in [0.3, 0.4) is 0 Å². The largest absolute Gasteiger partial charge is 0.454 e. The van der Waals surface area contributed by atoms with E-state index in [1.54, 1.807) is 0 Å². The Labute approximate surface area is 152 Å². The second kappa shape index (κ2) is 7.23. The van der Waals surface area contributed by atoms with Crippen LogP contribution in [0, 0.1) is 0 Å². The molecule has 0 aliphatic carbocycles. The van der Waals surface area contributed by atoms with Gasteiger partial charge in [-0.3, -0.25) is 0 Å². The van der Waals surface area contributed by atoms with Gasteiger partial charge in [0.15, 0.2) is 11.5 Å². The van der Waals surface area contributed by atoms with E-state index in [1.807, 2.05) is 85.8 Å². The Bertz CT molecular complexity index is 922. The predicted molar refractivity (Wildman–Crippen MR) is 103 cm³/mol. The summed E-state index contributed by atoms with van der Waals surface area (Å²) < 4.78 is 10.8. The lowest BCUT2D eigenvalue weighted by Gasteiger charge is -2.06. The first-order valence-corrected chi connectivity index (χ1v) is 8.44. The fourth-order valence-corrected chi connectivity index (χ4v) is 2.78. The molecule has 0 saturated carbocycles. The van der Waals surface area contributed by atoms with Crippen LogP contribution in [0.5, 0.6) is 11.5 Å². The molecule has 4 heteroatoms. The van der Waals surface area contributed by atoms with Crippen molar-refractivity contribution < 1.29 is 9.47 Å². The van der Waals surface area contributed by atoms with E-state index in [-0.39, 0.29) is 6.79 Å². The third kappa shape index (κ3) is 3.35. The molecule has 3 aromatic carbocycles. The average Bonchev–Trinajstić information content (AvgIpc) is 3.17. The summed E-state index contributed by atoms with van der Waals surface area (Å²) >= 11 is 0. The van der Waals surface area contributed by atoms with Crippen molar-refractivity contribution in [2.24, 2.45) is 10.2 Å². The second-order valence-corrected chi connectivity index (χ2v) is 5.93. The SMILES string of the molecule is C/C(=N\N=C(c1ccccc1)c1ccccc1)c1ccc2c(c1)OCO2. The van der Waals surface area contributed by atoms with Gasteiger partial charge in [0.2, 0.25) is 6.79 Å². The maximum Gasteiger partial charge on any atom is 0.231 e. The number of ether oxygens (including phenoxy) is 2. The molecule has 1 aliphatic heterocycles. The van der Waals surface area contributed by atoms with E-state index in [0.29, 0.717) is 0 Å². The van der Waals surface area contributed by atoms with Crippen LogP contribution in [-0.2, 0) is 0 Å². The summed E-state index contributed by atoms with van der Waals surface area (Å²) in [6.07, 6.45) is 0. The Hall–Kier alpha value is -3.40. The number of rotatable bonds is 4. The minimum absolute atomic E-state index is 0.263. The maximum absolute atomic E-state index is 5.44. The number of fused-ring (bicyclic) bond motifs is 1. The molecule has 0 bridgehead atoms. The topological polar surface area (TPSA) is 43.2 Å². The molecule has 128 valence electrons. The Kier molecular flexibility index (Phi) is 4.48. The van der Waals surface area contributed by atoms with Crippen LogP contribution in [0.2, 0.25) is 0 Å². The van der Waals surface area contributed by atoms with Crippen LogP contribution in [0.25, 0.3) is 0 Å². The molecule has 26 heavy (non-hydrogen) atoms. The summed E-state index contributed by atoms with van der Waals surface area (Å²) in [6.45, 7) is 2.20. The van der Waals surface area contributed by atoms with Crippen molar-refractivity contribution in [1.29, 1.82) is 0 Å². The highest BCUT2D eigenvalue weighted by atomic mass is 16.7. The number of hydrogen-bond acceptors (Lipinski definition) is 4. The molecule has 0 N–H and O–H groups in total. The summed E-state index contributed by atoms with van der Waals surface area (Å²) in [4.78, 5) is 0. The summed E-state index contributed by atoms with van der Waals surface area (Å²) in [5, 5.41) is 9.05. The Morgan fingerprint density at radius 3 is 1.96 bits per heavy atom. The number of nitrogens with zero attached hydrogens (tertiary/aromatic N) is 2. The first-order chi connectivity index (χ1) is 12.8. The van der Waals surface area contributed by atoms with Crippen molar-refractivity contribution >= 4 is 11.4 Å². The average molecular weight is 342 g/mol. The number of hydrogen-bond donors (Lipinski definition) is 0. The summed E-state index contributed by atoms with van der Waals surface area (Å²) in [5.41, 5.74) is 4.67. The van der Waals surface area contributed by atoms with Crippen LogP contribution in [0.4, 0.5) is 0 Å². The van der Waals surface area contributed by atoms with E-state index in [2.05, 4.69) is 10.2 Å². The summed E-state index contributed by atoms with van der Waals surface area (Å²) in [5.74, 6) is 1.51. The third-order valence-electron chi connectivity index (χ3n) is 4.18. The van der Waals surface area contributed by atoms with Gasteiger partial charge in [-0.05, 0) is 25.1 Å². The van der Waals surface area contributed by atoms with Crippen molar-refractivity contribution in [3.63, 3.8) is 0 Å². The molecule has 0 fully saturated rings. The number of benzene rings is 3. The standard InChI is InChI=1S/C22H18N2O2/c1-16(19-12-13-20-21(14-19)26-15-25-20)23-24-22(17-8-4-2-5-9-17)18-10-6-3-7-11-18/h2-14H,15H2,1H3/b23-16+. The molecule has 1 heterocycles. The minimum Gasteiger partial charge on any atom is -0.454 e. The first-order valence-electron chi connectivity index (χ1n) is 8.44. The molecule has 0 aromatic heterocycles. The molecular formula is C22H18N2O2. The van der Waals surface area contributed by atoms with Gasteiger partial charge in [-0.2, -0.15) is 5.10 Å². The van der Waals surface area contributed by atoms with Crippen LogP contribution in [0.15, 0.2) is 89.1 Å². The first kappa shape index (κ1) is 16.1. The zero-order valence-corrected chi connectivity index (χ0v) is 14.4. The fourth-order valence-electron chi connectivity index (χ4n) is 2.78. The lowest BCUT2D eigenvalue weighted by molar-refractivity contribution is 0.174. The Morgan fingerprint density at radius 1 is 0.692 bits per heavy atom. The van der Waals surface area contributed by atoms with Crippen LogP contribution in [-0.4, -0.2) is 18.2 Å². The summed E-state index contributed by atoms with van der Waals surface area (Å²) in [6, 6.07) is 25.9. The molecule has 4 nitrogen and oxygen atoms in total. The molecule has 4 rings (SSSR count). The van der Waals surface area contributed by atoms with Gasteiger partial charge in [-0.15, -0.1) is 5.10 Å². The van der Waals surface area contributed by atoms with Gasteiger partial charge < -0.3 is 9.47 Å². The zero-order valence-electron chi connectivity index (χ0n) is 14.4. The lowest BCUT2D eigenvalue weighted by Crippen LogP contribution is -2.03. The smallest absolute Gasteiger partial charge is 0.231 e. The lowest BCUT2D eigenvalue weighted by atomic mass is 10.0. The van der Waals surface area contributed by atoms with Gasteiger partial charge in [0.1, 0.15) is 5.71 Å². The van der Waals surface area contributed by atoms with E-state index in [4.69, 9.17) is 9.47 Å². The van der Waals surface area contributed by atoms with Gasteiger partial charge in [0.05, 0.1) is 5.71 Å². The Morgan fingerprint density at radius 2 is 1.31 bits per heavy atom. The van der Waals surface area contributed by atoms with Crippen molar-refractivity contribution in [2.75, 3.05) is 6.79 Å². The van der Waals surface area contributed by atoms with E-state index >= 15 is 0 Å². The molecule has 0 unspecified atom stereocenters. The summed E-state index contributed by atoms with van der Waals surface area (Å²) in [7, 11) is 0. The monoisotopic (exact) mass is 342 g/mol. The van der Waals surface area contributed by atoms with Gasteiger partial charge >= 0.3 is 0 Å². The molecular weight excluding hydrogens is 324 g/mol. The van der Waals surface area contributed by atoms with E-state index in [9.17, 15) is 0 Å². The predicted octanol–water partition coefficient (Wildman–Crippen LogP) is 4.68. The minimum atomic E-state index is 0.263. The zero-order chi connectivity index (χ0) is 17.8. The molecule has 3 aromatic rings. The highest BCUT2D eigenvalue weighted by Crippen LogP contribution is 2.32. The fraction of sp³-hybridized carbons (Fsp3) is 0.0909. The highest BCUT2D eigenvalue weighted by Gasteiger charge is 2.14. The van der Waals surface area contributed by atoms with E-state index < -0.39 is 0 Å². The molecule has 0 amide bonds. The van der Waals surface area contributed by atoms with Crippen LogP contribution in [0.1, 0.15) is 23.6 Å². The van der Waals surface area contributed by atoms with Crippen molar-refractivity contribution in [3.05, 3.63) is 95.6 Å². The van der Waals surface area contributed by atoms with Gasteiger partial charge in [0.25, 0.3) is 0 Å². The van der Waals surface area contributed by atoms with Crippen LogP contribution >= 0.6 is 0 Å². The van der Waals surface area contributed by atoms with Crippen molar-refractivity contribution in [2.45, 2.75) is 6.92 Å².